The van der Waals surface area contributed by atoms with Gasteiger partial charge in [0, 0.05) is 10.5 Å². The summed E-state index contributed by atoms with van der Waals surface area (Å²) in [6.07, 6.45) is 3.26. The number of hydrogen-bond acceptors (Lipinski definition) is 1. The molecule has 0 aliphatic heterocycles. The van der Waals surface area contributed by atoms with Crippen molar-refractivity contribution in [3.05, 3.63) is 39.9 Å². The van der Waals surface area contributed by atoms with Crippen LogP contribution in [0.3, 0.4) is 0 Å². The van der Waals surface area contributed by atoms with Crippen LogP contribution in [0.1, 0.15) is 11.1 Å². The van der Waals surface area contributed by atoms with Crippen molar-refractivity contribution in [2.75, 3.05) is 0 Å². The largest absolute Gasteiger partial charge is 0.193 e. The van der Waals surface area contributed by atoms with Gasteiger partial charge in [-0.3, -0.25) is 0 Å². The normalized spacial score (nSPS) is 10.1. The van der Waals surface area contributed by atoms with E-state index in [1.807, 2.05) is 31.2 Å². The molecular formula is C10H8BrN. The van der Waals surface area contributed by atoms with E-state index in [1.54, 1.807) is 6.08 Å². The summed E-state index contributed by atoms with van der Waals surface area (Å²) in [6.45, 7) is 2.02. The fourth-order valence-electron chi connectivity index (χ4n) is 0.994. The summed E-state index contributed by atoms with van der Waals surface area (Å²) in [5.74, 6) is 0. The summed E-state index contributed by atoms with van der Waals surface area (Å²) in [6, 6.07) is 7.99. The molecule has 0 heterocycles. The van der Waals surface area contributed by atoms with E-state index in [0.717, 1.165) is 10.0 Å². The Bertz CT molecular complexity index is 327. The van der Waals surface area contributed by atoms with Crippen LogP contribution in [-0.4, -0.2) is 0 Å². The van der Waals surface area contributed by atoms with E-state index in [9.17, 15) is 0 Å². The van der Waals surface area contributed by atoms with E-state index < -0.39 is 0 Å². The van der Waals surface area contributed by atoms with Gasteiger partial charge in [-0.25, -0.2) is 0 Å². The molecule has 0 bridgehead atoms. The molecule has 1 nitrogen and oxygen atoms in total. The molecule has 2 heteroatoms. The molecule has 0 fully saturated rings. The summed E-state index contributed by atoms with van der Waals surface area (Å²) >= 11 is 3.39. The lowest BCUT2D eigenvalue weighted by molar-refractivity contribution is 1.44. The van der Waals surface area contributed by atoms with Crippen LogP contribution < -0.4 is 0 Å². The maximum absolute atomic E-state index is 8.32. The third-order valence-corrected chi connectivity index (χ3v) is 1.87. The molecule has 12 heavy (non-hydrogen) atoms. The average Bonchev–Trinajstić information content (AvgIpc) is 1.99. The highest BCUT2D eigenvalue weighted by molar-refractivity contribution is 9.10. The van der Waals surface area contributed by atoms with Gasteiger partial charge in [0.05, 0.1) is 6.07 Å². The predicted molar refractivity (Wildman–Crippen MR) is 53.5 cm³/mol. The van der Waals surface area contributed by atoms with E-state index in [2.05, 4.69) is 15.9 Å². The number of benzene rings is 1. The Kier molecular flexibility index (Phi) is 3.07. The minimum Gasteiger partial charge on any atom is -0.193 e. The highest BCUT2D eigenvalue weighted by Crippen LogP contribution is 2.15. The summed E-state index contributed by atoms with van der Waals surface area (Å²) < 4.78 is 1.04. The second-order valence-electron chi connectivity index (χ2n) is 2.52. The Morgan fingerprint density at radius 3 is 2.75 bits per heavy atom. The Hall–Kier alpha value is -1.07. The molecule has 0 radical (unpaired) electrons. The van der Waals surface area contributed by atoms with Gasteiger partial charge in [0.2, 0.25) is 0 Å². The van der Waals surface area contributed by atoms with Crippen LogP contribution in [0.2, 0.25) is 0 Å². The number of nitrogens with zero attached hydrogens (tertiary/aromatic N) is 1. The predicted octanol–water partition coefficient (Wildman–Crippen LogP) is 3.29. The summed E-state index contributed by atoms with van der Waals surface area (Å²) in [5.41, 5.74) is 2.23. The minimum absolute atomic E-state index is 1.04. The van der Waals surface area contributed by atoms with Gasteiger partial charge in [0.15, 0.2) is 0 Å². The van der Waals surface area contributed by atoms with Gasteiger partial charge < -0.3 is 0 Å². The summed E-state index contributed by atoms with van der Waals surface area (Å²) in [4.78, 5) is 0. The zero-order valence-electron chi connectivity index (χ0n) is 6.71. The van der Waals surface area contributed by atoms with Gasteiger partial charge in [-0.15, -0.1) is 0 Å². The summed E-state index contributed by atoms with van der Waals surface area (Å²) in [7, 11) is 0. The molecule has 0 aliphatic rings. The standard InChI is InChI=1S/C10H8BrN/c1-8-5-9(3-2-4-12)7-10(11)6-8/h2-3,5-7H,1H3/b3-2+. The van der Waals surface area contributed by atoms with Crippen molar-refractivity contribution in [3.8, 4) is 6.07 Å². The van der Waals surface area contributed by atoms with Crippen LogP contribution in [0.15, 0.2) is 28.7 Å². The van der Waals surface area contributed by atoms with Gasteiger partial charge in [-0.05, 0) is 36.3 Å². The van der Waals surface area contributed by atoms with Gasteiger partial charge >= 0.3 is 0 Å². The molecule has 60 valence electrons. The zero-order valence-corrected chi connectivity index (χ0v) is 8.30. The molecule has 0 spiro atoms. The van der Waals surface area contributed by atoms with Crippen molar-refractivity contribution < 1.29 is 0 Å². The van der Waals surface area contributed by atoms with Gasteiger partial charge in [0.1, 0.15) is 0 Å². The molecule has 0 saturated carbocycles. The molecular weight excluding hydrogens is 214 g/mol. The molecule has 0 aliphatic carbocycles. The van der Waals surface area contributed by atoms with Gasteiger partial charge in [0.25, 0.3) is 0 Å². The maximum Gasteiger partial charge on any atom is 0.0912 e. The average molecular weight is 222 g/mol. The van der Waals surface area contributed by atoms with Crippen molar-refractivity contribution >= 4 is 22.0 Å². The highest BCUT2D eigenvalue weighted by atomic mass is 79.9. The fraction of sp³-hybridized carbons (Fsp3) is 0.100. The van der Waals surface area contributed by atoms with E-state index in [1.165, 1.54) is 11.6 Å². The fourth-order valence-corrected chi connectivity index (χ4v) is 1.62. The number of nitriles is 1. The summed E-state index contributed by atoms with van der Waals surface area (Å²) in [5, 5.41) is 8.32. The van der Waals surface area contributed by atoms with Crippen molar-refractivity contribution in [3.63, 3.8) is 0 Å². The molecule has 0 unspecified atom stereocenters. The molecule has 1 rings (SSSR count). The van der Waals surface area contributed by atoms with Crippen LogP contribution in [0.4, 0.5) is 0 Å². The van der Waals surface area contributed by atoms with Crippen LogP contribution in [0.25, 0.3) is 6.08 Å². The first-order chi connectivity index (χ1) is 5.72. The van der Waals surface area contributed by atoms with Crippen molar-refractivity contribution in [2.45, 2.75) is 6.92 Å². The number of hydrogen-bond donors (Lipinski definition) is 0. The highest BCUT2D eigenvalue weighted by Gasteiger charge is 1.91. The van der Waals surface area contributed by atoms with Crippen molar-refractivity contribution in [2.24, 2.45) is 0 Å². The SMILES string of the molecule is Cc1cc(Br)cc(/C=C/C#N)c1. The van der Waals surface area contributed by atoms with E-state index in [0.29, 0.717) is 0 Å². The Morgan fingerprint density at radius 1 is 1.42 bits per heavy atom. The number of aryl methyl sites for hydroxylation is 1. The molecule has 1 aromatic carbocycles. The second kappa shape index (κ2) is 4.08. The quantitative estimate of drug-likeness (QED) is 0.668. The number of rotatable bonds is 1. The lowest BCUT2D eigenvalue weighted by Gasteiger charge is -1.97. The number of halogens is 1. The topological polar surface area (TPSA) is 23.8 Å². The Labute approximate surface area is 80.5 Å². The van der Waals surface area contributed by atoms with Crippen LogP contribution in [0.5, 0.6) is 0 Å². The van der Waals surface area contributed by atoms with E-state index in [-0.39, 0.29) is 0 Å². The van der Waals surface area contributed by atoms with Crippen molar-refractivity contribution in [1.29, 1.82) is 5.26 Å². The first-order valence-corrected chi connectivity index (χ1v) is 4.35. The lowest BCUT2D eigenvalue weighted by atomic mass is 10.1. The van der Waals surface area contributed by atoms with Crippen LogP contribution >= 0.6 is 15.9 Å². The van der Waals surface area contributed by atoms with Gasteiger partial charge in [-0.1, -0.05) is 22.0 Å². The lowest BCUT2D eigenvalue weighted by Crippen LogP contribution is -1.76. The molecule has 0 amide bonds. The Balaban J connectivity index is 3.03. The second-order valence-corrected chi connectivity index (χ2v) is 3.44. The maximum atomic E-state index is 8.32. The van der Waals surface area contributed by atoms with E-state index in [4.69, 9.17) is 5.26 Å². The molecule has 0 atom stereocenters. The molecule has 1 aromatic rings. The zero-order chi connectivity index (χ0) is 8.97. The molecule has 0 N–H and O–H groups in total. The Morgan fingerprint density at radius 2 is 2.17 bits per heavy atom. The molecule has 0 saturated heterocycles. The molecule has 0 aromatic heterocycles. The number of allylic oxidation sites excluding steroid dienone is 1. The first-order valence-electron chi connectivity index (χ1n) is 3.56. The minimum atomic E-state index is 1.04. The van der Waals surface area contributed by atoms with Crippen LogP contribution in [-0.2, 0) is 0 Å². The monoisotopic (exact) mass is 221 g/mol. The smallest absolute Gasteiger partial charge is 0.0912 e. The third kappa shape index (κ3) is 2.52. The third-order valence-electron chi connectivity index (χ3n) is 1.41. The van der Waals surface area contributed by atoms with Crippen LogP contribution in [0, 0.1) is 18.3 Å². The first kappa shape index (κ1) is 9.02. The van der Waals surface area contributed by atoms with Gasteiger partial charge in [-0.2, -0.15) is 5.26 Å². The van der Waals surface area contributed by atoms with E-state index >= 15 is 0 Å². The van der Waals surface area contributed by atoms with Crippen molar-refractivity contribution in [1.82, 2.24) is 0 Å².